The van der Waals surface area contributed by atoms with E-state index in [-0.39, 0.29) is 13.0 Å². The maximum absolute atomic E-state index is 13.1. The molecule has 0 atom stereocenters. The first-order valence-electron chi connectivity index (χ1n) is 7.11. The third-order valence-electron chi connectivity index (χ3n) is 3.80. The fourth-order valence-electron chi connectivity index (χ4n) is 2.75. The van der Waals surface area contributed by atoms with E-state index < -0.39 is 5.92 Å². The summed E-state index contributed by atoms with van der Waals surface area (Å²) in [5, 5.41) is 0. The summed E-state index contributed by atoms with van der Waals surface area (Å²) in [6.45, 7) is 2.32. The van der Waals surface area contributed by atoms with Gasteiger partial charge in [-0.3, -0.25) is 4.90 Å². The summed E-state index contributed by atoms with van der Waals surface area (Å²) in [5.41, 5.74) is 1.17. The number of hydrogen-bond acceptors (Lipinski definition) is 3. The minimum absolute atomic E-state index is 0.00295. The molecule has 5 heteroatoms. The molecule has 0 radical (unpaired) electrons. The van der Waals surface area contributed by atoms with Crippen molar-refractivity contribution in [1.82, 2.24) is 4.90 Å². The average Bonchev–Trinajstić information content (AvgIpc) is 2.78. The van der Waals surface area contributed by atoms with E-state index in [2.05, 4.69) is 0 Å². The molecule has 0 aliphatic carbocycles. The number of rotatable bonds is 4. The number of halogens is 2. The Balaban J connectivity index is 1.49. The molecular weight excluding hydrogens is 264 g/mol. The summed E-state index contributed by atoms with van der Waals surface area (Å²) >= 11 is 0. The van der Waals surface area contributed by atoms with Crippen molar-refractivity contribution < 1.29 is 18.3 Å². The van der Waals surface area contributed by atoms with E-state index in [0.29, 0.717) is 19.8 Å². The number of fused-ring (bicyclic) bond motifs is 1. The summed E-state index contributed by atoms with van der Waals surface area (Å²) in [6, 6.07) is 5.94. The molecule has 0 bridgehead atoms. The highest BCUT2D eigenvalue weighted by Gasteiger charge is 2.37. The Labute approximate surface area is 117 Å². The number of ether oxygens (including phenoxy) is 2. The van der Waals surface area contributed by atoms with Gasteiger partial charge < -0.3 is 9.47 Å². The van der Waals surface area contributed by atoms with Gasteiger partial charge in [0.1, 0.15) is 13.2 Å². The molecule has 0 unspecified atom stereocenters. The van der Waals surface area contributed by atoms with Crippen molar-refractivity contribution >= 4 is 0 Å². The van der Waals surface area contributed by atoms with Crippen LogP contribution in [0.2, 0.25) is 0 Å². The van der Waals surface area contributed by atoms with Gasteiger partial charge in [-0.25, -0.2) is 8.78 Å². The van der Waals surface area contributed by atoms with Gasteiger partial charge in [0.05, 0.1) is 6.54 Å². The minimum atomic E-state index is -2.49. The molecule has 2 aliphatic heterocycles. The van der Waals surface area contributed by atoms with Crippen molar-refractivity contribution in [2.75, 3.05) is 32.8 Å². The molecule has 2 aliphatic rings. The predicted octanol–water partition coefficient (Wildman–Crippen LogP) is 2.73. The molecule has 1 fully saturated rings. The zero-order chi connectivity index (χ0) is 14.0. The largest absolute Gasteiger partial charge is 0.486 e. The van der Waals surface area contributed by atoms with Crippen LogP contribution in [-0.2, 0) is 6.42 Å². The first kappa shape index (κ1) is 13.6. The minimum Gasteiger partial charge on any atom is -0.486 e. The molecule has 0 spiro atoms. The number of benzene rings is 1. The molecular formula is C15H19F2NO2. The SMILES string of the molecule is FC1(F)CCN(CCCc2ccc3c(c2)OCCO3)C1. The summed E-state index contributed by atoms with van der Waals surface area (Å²) in [7, 11) is 0. The fourth-order valence-corrected chi connectivity index (χ4v) is 2.75. The summed E-state index contributed by atoms with van der Waals surface area (Å²) < 4.78 is 37.1. The zero-order valence-electron chi connectivity index (χ0n) is 11.4. The normalized spacial score (nSPS) is 21.1. The third-order valence-corrected chi connectivity index (χ3v) is 3.80. The van der Waals surface area contributed by atoms with Crippen LogP contribution in [0.15, 0.2) is 18.2 Å². The first-order chi connectivity index (χ1) is 9.62. The summed E-state index contributed by atoms with van der Waals surface area (Å²) in [6.07, 6.45) is 1.76. The number of nitrogens with zero attached hydrogens (tertiary/aromatic N) is 1. The van der Waals surface area contributed by atoms with Crippen LogP contribution in [0.5, 0.6) is 11.5 Å². The van der Waals surface area contributed by atoms with Crippen molar-refractivity contribution in [3.05, 3.63) is 23.8 Å². The van der Waals surface area contributed by atoms with Crippen LogP contribution in [0.4, 0.5) is 8.78 Å². The second kappa shape index (κ2) is 5.56. The van der Waals surface area contributed by atoms with Crippen LogP contribution in [0.1, 0.15) is 18.4 Å². The highest BCUT2D eigenvalue weighted by atomic mass is 19.3. The van der Waals surface area contributed by atoms with Gasteiger partial charge in [-0.15, -0.1) is 0 Å². The van der Waals surface area contributed by atoms with Crippen molar-refractivity contribution in [1.29, 1.82) is 0 Å². The van der Waals surface area contributed by atoms with Gasteiger partial charge in [0.15, 0.2) is 11.5 Å². The molecule has 3 rings (SSSR count). The monoisotopic (exact) mass is 283 g/mol. The van der Waals surface area contributed by atoms with Gasteiger partial charge in [-0.1, -0.05) is 6.07 Å². The first-order valence-corrected chi connectivity index (χ1v) is 7.11. The third kappa shape index (κ3) is 3.20. The van der Waals surface area contributed by atoms with Crippen LogP contribution < -0.4 is 9.47 Å². The van der Waals surface area contributed by atoms with Crippen molar-refractivity contribution in [2.45, 2.75) is 25.2 Å². The Bertz CT molecular complexity index is 479. The molecule has 20 heavy (non-hydrogen) atoms. The Morgan fingerprint density at radius 1 is 1.15 bits per heavy atom. The molecule has 3 nitrogen and oxygen atoms in total. The predicted molar refractivity (Wildman–Crippen MR) is 71.8 cm³/mol. The van der Waals surface area contributed by atoms with Crippen molar-refractivity contribution in [2.24, 2.45) is 0 Å². The van der Waals surface area contributed by atoms with Gasteiger partial charge in [0, 0.05) is 13.0 Å². The number of likely N-dealkylation sites (tertiary alicyclic amines) is 1. The maximum atomic E-state index is 13.1. The molecule has 2 heterocycles. The summed E-state index contributed by atoms with van der Waals surface area (Å²) in [4.78, 5) is 1.85. The van der Waals surface area contributed by atoms with Crippen molar-refractivity contribution in [3.8, 4) is 11.5 Å². The smallest absolute Gasteiger partial charge is 0.261 e. The van der Waals surface area contributed by atoms with E-state index in [1.807, 2.05) is 23.1 Å². The van der Waals surface area contributed by atoms with Crippen LogP contribution in [0, 0.1) is 0 Å². The Morgan fingerprint density at radius 3 is 2.70 bits per heavy atom. The van der Waals surface area contributed by atoms with Crippen LogP contribution in [-0.4, -0.2) is 43.7 Å². The van der Waals surface area contributed by atoms with E-state index in [1.165, 1.54) is 5.56 Å². The number of aryl methyl sites for hydroxylation is 1. The van der Waals surface area contributed by atoms with Crippen molar-refractivity contribution in [3.63, 3.8) is 0 Å². The Morgan fingerprint density at radius 2 is 1.95 bits per heavy atom. The number of alkyl halides is 2. The molecule has 0 N–H and O–H groups in total. The fraction of sp³-hybridized carbons (Fsp3) is 0.600. The molecule has 1 aromatic carbocycles. The molecule has 0 saturated carbocycles. The molecule has 0 aromatic heterocycles. The van der Waals surface area contributed by atoms with E-state index >= 15 is 0 Å². The second-order valence-corrected chi connectivity index (χ2v) is 5.46. The van der Waals surface area contributed by atoms with E-state index in [4.69, 9.17) is 9.47 Å². The lowest BCUT2D eigenvalue weighted by Crippen LogP contribution is -2.26. The molecule has 1 saturated heterocycles. The lowest BCUT2D eigenvalue weighted by molar-refractivity contribution is 0.0122. The Kier molecular flexibility index (Phi) is 3.78. The van der Waals surface area contributed by atoms with E-state index in [9.17, 15) is 8.78 Å². The zero-order valence-corrected chi connectivity index (χ0v) is 11.4. The quantitative estimate of drug-likeness (QED) is 0.848. The molecule has 1 aromatic rings. The highest BCUT2D eigenvalue weighted by molar-refractivity contribution is 5.43. The van der Waals surface area contributed by atoms with Gasteiger partial charge in [0.25, 0.3) is 5.92 Å². The van der Waals surface area contributed by atoms with Gasteiger partial charge in [-0.05, 0) is 37.1 Å². The average molecular weight is 283 g/mol. The van der Waals surface area contributed by atoms with Crippen LogP contribution in [0.25, 0.3) is 0 Å². The lowest BCUT2D eigenvalue weighted by atomic mass is 10.1. The number of hydrogen-bond donors (Lipinski definition) is 0. The highest BCUT2D eigenvalue weighted by Crippen LogP contribution is 2.31. The second-order valence-electron chi connectivity index (χ2n) is 5.46. The molecule has 0 amide bonds. The van der Waals surface area contributed by atoms with E-state index in [1.54, 1.807) is 0 Å². The molecule has 110 valence electrons. The van der Waals surface area contributed by atoms with Crippen LogP contribution >= 0.6 is 0 Å². The van der Waals surface area contributed by atoms with Gasteiger partial charge >= 0.3 is 0 Å². The topological polar surface area (TPSA) is 21.7 Å². The van der Waals surface area contributed by atoms with Gasteiger partial charge in [-0.2, -0.15) is 0 Å². The Hall–Kier alpha value is -1.36. The summed E-state index contributed by atoms with van der Waals surface area (Å²) in [5.74, 6) is -0.905. The lowest BCUT2D eigenvalue weighted by Gasteiger charge is -2.19. The standard InChI is InChI=1S/C15H19F2NO2/c16-15(17)5-7-18(11-15)6-1-2-12-3-4-13-14(10-12)20-9-8-19-13/h3-4,10H,1-2,5-9,11H2. The van der Waals surface area contributed by atoms with Crippen LogP contribution in [0.3, 0.4) is 0 Å². The maximum Gasteiger partial charge on any atom is 0.261 e. The van der Waals surface area contributed by atoms with Gasteiger partial charge in [0.2, 0.25) is 0 Å². The van der Waals surface area contributed by atoms with E-state index in [0.717, 1.165) is 30.9 Å².